The third kappa shape index (κ3) is 2.17. The Labute approximate surface area is 95.4 Å². The van der Waals surface area contributed by atoms with Crippen LogP contribution in [0.3, 0.4) is 0 Å². The summed E-state index contributed by atoms with van der Waals surface area (Å²) in [7, 11) is 0. The molecule has 0 bridgehead atoms. The molecule has 3 N–H and O–H groups in total. The van der Waals surface area contributed by atoms with E-state index in [1.807, 2.05) is 17.1 Å². The van der Waals surface area contributed by atoms with Gasteiger partial charge in [0.05, 0.1) is 5.69 Å². The quantitative estimate of drug-likeness (QED) is 0.797. The van der Waals surface area contributed by atoms with Crippen molar-refractivity contribution in [2.45, 2.75) is 19.3 Å². The number of anilines is 1. The number of benzene rings is 1. The van der Waals surface area contributed by atoms with Gasteiger partial charge in [-0.25, -0.2) is 0 Å². The molecular weight excluding hydrogens is 202 g/mol. The zero-order valence-electron chi connectivity index (χ0n) is 9.44. The lowest BCUT2D eigenvalue weighted by Crippen LogP contribution is -2.32. The molecule has 0 aliphatic carbocycles. The van der Waals surface area contributed by atoms with E-state index in [-0.39, 0.29) is 5.91 Å². The van der Waals surface area contributed by atoms with E-state index < -0.39 is 0 Å². The van der Waals surface area contributed by atoms with Crippen LogP contribution in [0.15, 0.2) is 24.3 Å². The average molecular weight is 219 g/mol. The van der Waals surface area contributed by atoms with Gasteiger partial charge in [-0.15, -0.1) is 0 Å². The van der Waals surface area contributed by atoms with Crippen molar-refractivity contribution in [1.82, 2.24) is 5.43 Å². The van der Waals surface area contributed by atoms with Gasteiger partial charge < -0.3 is 5.73 Å². The van der Waals surface area contributed by atoms with Gasteiger partial charge in [-0.2, -0.15) is 0 Å². The standard InChI is InChI=1S/C12H17N3O/c1-9(8-13)10-3-2-4-11(7-10)15-6-5-12(16)14-15/h2-4,7,9H,5-6,8,13H2,1H3,(H,14,16). The predicted molar refractivity (Wildman–Crippen MR) is 64.0 cm³/mol. The lowest BCUT2D eigenvalue weighted by molar-refractivity contribution is -0.119. The summed E-state index contributed by atoms with van der Waals surface area (Å²) < 4.78 is 0. The maximum absolute atomic E-state index is 11.1. The fourth-order valence-electron chi connectivity index (χ4n) is 1.80. The first-order chi connectivity index (χ1) is 7.70. The van der Waals surface area contributed by atoms with Crippen molar-refractivity contribution in [3.05, 3.63) is 29.8 Å². The summed E-state index contributed by atoms with van der Waals surface area (Å²) in [5.74, 6) is 0.426. The van der Waals surface area contributed by atoms with E-state index in [0.29, 0.717) is 18.9 Å². The van der Waals surface area contributed by atoms with Crippen LogP contribution in [0.4, 0.5) is 5.69 Å². The summed E-state index contributed by atoms with van der Waals surface area (Å²) in [4.78, 5) is 11.1. The Hall–Kier alpha value is -1.55. The van der Waals surface area contributed by atoms with Crippen molar-refractivity contribution in [1.29, 1.82) is 0 Å². The van der Waals surface area contributed by atoms with Crippen LogP contribution in [0.1, 0.15) is 24.8 Å². The molecule has 1 aromatic rings. The largest absolute Gasteiger partial charge is 0.330 e. The summed E-state index contributed by atoms with van der Waals surface area (Å²) >= 11 is 0. The topological polar surface area (TPSA) is 58.4 Å². The van der Waals surface area contributed by atoms with E-state index in [1.54, 1.807) is 0 Å². The van der Waals surface area contributed by atoms with Crippen molar-refractivity contribution >= 4 is 11.6 Å². The molecule has 1 atom stereocenters. The number of nitrogens with zero attached hydrogens (tertiary/aromatic N) is 1. The molecule has 0 spiro atoms. The van der Waals surface area contributed by atoms with Gasteiger partial charge in [-0.3, -0.25) is 15.2 Å². The van der Waals surface area contributed by atoms with E-state index in [9.17, 15) is 4.79 Å². The van der Waals surface area contributed by atoms with Gasteiger partial charge in [0, 0.05) is 13.0 Å². The normalized spacial score (nSPS) is 17.4. The molecule has 86 valence electrons. The van der Waals surface area contributed by atoms with Crippen LogP contribution in [-0.2, 0) is 4.79 Å². The van der Waals surface area contributed by atoms with E-state index in [4.69, 9.17) is 5.73 Å². The molecule has 4 nitrogen and oxygen atoms in total. The molecule has 1 aliphatic rings. The lowest BCUT2D eigenvalue weighted by Gasteiger charge is -2.19. The number of hydrogen-bond acceptors (Lipinski definition) is 3. The molecule has 0 saturated carbocycles. The number of rotatable bonds is 3. The highest BCUT2D eigenvalue weighted by Gasteiger charge is 2.18. The van der Waals surface area contributed by atoms with Crippen molar-refractivity contribution in [3.63, 3.8) is 0 Å². The van der Waals surface area contributed by atoms with Crippen molar-refractivity contribution in [2.24, 2.45) is 5.73 Å². The Kier molecular flexibility index (Phi) is 3.10. The second kappa shape index (κ2) is 4.53. The smallest absolute Gasteiger partial charge is 0.240 e. The first-order valence-electron chi connectivity index (χ1n) is 5.58. The van der Waals surface area contributed by atoms with Gasteiger partial charge in [-0.1, -0.05) is 19.1 Å². The summed E-state index contributed by atoms with van der Waals surface area (Å²) in [5, 5.41) is 1.88. The molecule has 4 heteroatoms. The molecule has 2 rings (SSSR count). The SMILES string of the molecule is CC(CN)c1cccc(N2CCC(=O)N2)c1. The zero-order chi connectivity index (χ0) is 11.5. The van der Waals surface area contributed by atoms with Crippen LogP contribution in [0.2, 0.25) is 0 Å². The van der Waals surface area contributed by atoms with Gasteiger partial charge in [0.15, 0.2) is 0 Å². The fraction of sp³-hybridized carbons (Fsp3) is 0.417. The molecule has 1 amide bonds. The number of hydrogen-bond donors (Lipinski definition) is 2. The maximum atomic E-state index is 11.1. The number of amides is 1. The molecule has 0 radical (unpaired) electrons. The monoisotopic (exact) mass is 219 g/mol. The Morgan fingerprint density at radius 2 is 2.38 bits per heavy atom. The molecular formula is C12H17N3O. The molecule has 1 unspecified atom stereocenters. The number of hydrazine groups is 1. The summed E-state index contributed by atoms with van der Waals surface area (Å²) in [6.07, 6.45) is 0.566. The Morgan fingerprint density at radius 1 is 1.56 bits per heavy atom. The van der Waals surface area contributed by atoms with Crippen LogP contribution in [0, 0.1) is 0 Å². The molecule has 1 aromatic carbocycles. The van der Waals surface area contributed by atoms with Crippen molar-refractivity contribution in [2.75, 3.05) is 18.1 Å². The minimum atomic E-state index is 0.0808. The fourth-order valence-corrected chi connectivity index (χ4v) is 1.80. The molecule has 0 aromatic heterocycles. The lowest BCUT2D eigenvalue weighted by atomic mass is 10.0. The second-order valence-corrected chi connectivity index (χ2v) is 4.17. The summed E-state index contributed by atoms with van der Waals surface area (Å²) in [5.41, 5.74) is 10.7. The van der Waals surface area contributed by atoms with Crippen LogP contribution < -0.4 is 16.2 Å². The number of nitrogens with one attached hydrogen (secondary N) is 1. The average Bonchev–Trinajstić information content (AvgIpc) is 2.75. The Balaban J connectivity index is 2.19. The van der Waals surface area contributed by atoms with Crippen molar-refractivity contribution in [3.8, 4) is 0 Å². The molecule has 16 heavy (non-hydrogen) atoms. The van der Waals surface area contributed by atoms with Crippen molar-refractivity contribution < 1.29 is 4.79 Å². The van der Waals surface area contributed by atoms with Gasteiger partial charge in [0.25, 0.3) is 0 Å². The minimum absolute atomic E-state index is 0.0808. The second-order valence-electron chi connectivity index (χ2n) is 4.17. The van der Waals surface area contributed by atoms with Gasteiger partial charge in [-0.05, 0) is 30.2 Å². The Bertz CT molecular complexity index is 392. The van der Waals surface area contributed by atoms with E-state index in [0.717, 1.165) is 12.2 Å². The maximum Gasteiger partial charge on any atom is 0.240 e. The molecule has 1 heterocycles. The van der Waals surface area contributed by atoms with Crippen LogP contribution in [0.25, 0.3) is 0 Å². The first kappa shape index (κ1) is 11.0. The molecule has 1 saturated heterocycles. The number of nitrogens with two attached hydrogens (primary N) is 1. The highest BCUT2D eigenvalue weighted by Crippen LogP contribution is 2.21. The van der Waals surface area contributed by atoms with Crippen LogP contribution >= 0.6 is 0 Å². The summed E-state index contributed by atoms with van der Waals surface area (Å²) in [6.45, 7) is 3.47. The third-order valence-electron chi connectivity index (χ3n) is 2.93. The van der Waals surface area contributed by atoms with E-state index in [2.05, 4.69) is 24.5 Å². The first-order valence-corrected chi connectivity index (χ1v) is 5.58. The van der Waals surface area contributed by atoms with Gasteiger partial charge >= 0.3 is 0 Å². The Morgan fingerprint density at radius 3 is 3.00 bits per heavy atom. The van der Waals surface area contributed by atoms with Crippen LogP contribution in [-0.4, -0.2) is 19.0 Å². The van der Waals surface area contributed by atoms with Gasteiger partial charge in [0.2, 0.25) is 5.91 Å². The third-order valence-corrected chi connectivity index (χ3v) is 2.93. The van der Waals surface area contributed by atoms with E-state index >= 15 is 0 Å². The predicted octanol–water partition coefficient (Wildman–Crippen LogP) is 0.990. The minimum Gasteiger partial charge on any atom is -0.330 e. The highest BCUT2D eigenvalue weighted by atomic mass is 16.2. The molecule has 1 fully saturated rings. The van der Waals surface area contributed by atoms with Crippen LogP contribution in [0.5, 0.6) is 0 Å². The highest BCUT2D eigenvalue weighted by molar-refractivity contribution is 5.81. The molecule has 1 aliphatic heterocycles. The van der Waals surface area contributed by atoms with E-state index in [1.165, 1.54) is 5.56 Å². The zero-order valence-corrected chi connectivity index (χ0v) is 9.44. The number of carbonyl (C=O) groups is 1. The van der Waals surface area contributed by atoms with Gasteiger partial charge in [0.1, 0.15) is 0 Å². The summed E-state index contributed by atoms with van der Waals surface area (Å²) in [6, 6.07) is 8.15. The number of carbonyl (C=O) groups excluding carboxylic acids is 1.